The average molecular weight is 438 g/mol. The average Bonchev–Trinajstić information content (AvgIpc) is 3.06. The van der Waals surface area contributed by atoms with Gasteiger partial charge in [0, 0.05) is 6.54 Å². The summed E-state index contributed by atoms with van der Waals surface area (Å²) in [5.74, 6) is 0.216. The topological polar surface area (TPSA) is 45.7 Å². The van der Waals surface area contributed by atoms with Crippen LogP contribution in [0.4, 0.5) is 9.52 Å². The predicted octanol–water partition coefficient (Wildman–Crippen LogP) is 4.53. The molecule has 156 valence electrons. The van der Waals surface area contributed by atoms with Gasteiger partial charge in [0.15, 0.2) is 11.7 Å². The number of rotatable bonds is 8. The molecule has 0 bridgehead atoms. The summed E-state index contributed by atoms with van der Waals surface area (Å²) in [6.45, 7) is 3.24. The first-order valence-electron chi connectivity index (χ1n) is 9.13. The highest BCUT2D eigenvalue weighted by Gasteiger charge is 2.20. The van der Waals surface area contributed by atoms with Crippen LogP contribution in [0.25, 0.3) is 10.2 Å². The van der Waals surface area contributed by atoms with Crippen molar-refractivity contribution in [2.45, 2.75) is 13.3 Å². The van der Waals surface area contributed by atoms with Gasteiger partial charge in [0.1, 0.15) is 11.6 Å². The zero-order valence-corrected chi connectivity index (χ0v) is 18.4. The maximum Gasteiger partial charge on any atom is 0.266 e. The maximum absolute atomic E-state index is 13.5. The van der Waals surface area contributed by atoms with Crippen LogP contribution in [0.15, 0.2) is 42.5 Å². The van der Waals surface area contributed by atoms with Crippen LogP contribution in [0.5, 0.6) is 5.75 Å². The van der Waals surface area contributed by atoms with Gasteiger partial charge in [-0.1, -0.05) is 29.5 Å². The Bertz CT molecular complexity index is 964. The minimum absolute atomic E-state index is 0. The molecule has 0 aliphatic rings. The molecule has 0 aliphatic carbocycles. The Labute approximate surface area is 180 Å². The van der Waals surface area contributed by atoms with Crippen molar-refractivity contribution >= 4 is 45.0 Å². The second-order valence-corrected chi connectivity index (χ2v) is 7.87. The first-order valence-corrected chi connectivity index (χ1v) is 9.95. The number of carbonyl (C=O) groups excluding carboxylic acids is 1. The summed E-state index contributed by atoms with van der Waals surface area (Å²) in [6, 6.07) is 12.1. The number of aryl methyl sites for hydroxylation is 1. The minimum Gasteiger partial charge on any atom is -0.483 e. The highest BCUT2D eigenvalue weighted by atomic mass is 35.5. The SMILES string of the molecule is Cc1ccccc1OCC(=O)N(CCCN(C)C)c1nc2ccc(F)cc2s1.Cl. The molecule has 3 aromatic rings. The summed E-state index contributed by atoms with van der Waals surface area (Å²) in [6.07, 6.45) is 0.799. The van der Waals surface area contributed by atoms with Gasteiger partial charge in [-0.2, -0.15) is 0 Å². The van der Waals surface area contributed by atoms with Crippen LogP contribution in [0, 0.1) is 12.7 Å². The van der Waals surface area contributed by atoms with Gasteiger partial charge in [0.05, 0.1) is 10.2 Å². The Morgan fingerprint density at radius 2 is 1.93 bits per heavy atom. The van der Waals surface area contributed by atoms with Crippen LogP contribution in [-0.4, -0.2) is 49.6 Å². The zero-order chi connectivity index (χ0) is 20.1. The minimum atomic E-state index is -0.309. The fourth-order valence-electron chi connectivity index (χ4n) is 2.81. The first-order chi connectivity index (χ1) is 13.4. The molecule has 0 spiro atoms. The first kappa shape index (κ1) is 23.1. The monoisotopic (exact) mass is 437 g/mol. The molecule has 0 radical (unpaired) electrons. The molecule has 0 unspecified atom stereocenters. The molecule has 3 rings (SSSR count). The Kier molecular flexibility index (Phi) is 8.37. The summed E-state index contributed by atoms with van der Waals surface area (Å²) in [5.41, 5.74) is 1.66. The van der Waals surface area contributed by atoms with E-state index in [2.05, 4.69) is 9.88 Å². The maximum atomic E-state index is 13.5. The fraction of sp³-hybridized carbons (Fsp3) is 0.333. The number of thiazole rings is 1. The lowest BCUT2D eigenvalue weighted by Crippen LogP contribution is -2.36. The summed E-state index contributed by atoms with van der Waals surface area (Å²) in [4.78, 5) is 21.2. The molecule has 1 aromatic heterocycles. The van der Waals surface area contributed by atoms with Crippen molar-refractivity contribution in [3.63, 3.8) is 0 Å². The standard InChI is InChI=1S/C21H24FN3O2S.ClH/c1-15-7-4-5-8-18(15)27-14-20(26)25(12-6-11-24(2)3)21-23-17-10-9-16(22)13-19(17)28-21;/h4-5,7-10,13H,6,11-12,14H2,1-3H3;1H. The van der Waals surface area contributed by atoms with Gasteiger partial charge in [-0.3, -0.25) is 9.69 Å². The van der Waals surface area contributed by atoms with E-state index in [0.717, 1.165) is 23.2 Å². The van der Waals surface area contributed by atoms with Gasteiger partial charge in [-0.15, -0.1) is 12.4 Å². The Balaban J connectivity index is 0.00000300. The summed E-state index contributed by atoms with van der Waals surface area (Å²) in [7, 11) is 3.99. The summed E-state index contributed by atoms with van der Waals surface area (Å²) >= 11 is 1.32. The van der Waals surface area contributed by atoms with Gasteiger partial charge in [-0.25, -0.2) is 9.37 Å². The van der Waals surface area contributed by atoms with Crippen LogP contribution in [0.2, 0.25) is 0 Å². The number of hydrogen-bond donors (Lipinski definition) is 0. The van der Waals surface area contributed by atoms with Crippen LogP contribution >= 0.6 is 23.7 Å². The molecule has 5 nitrogen and oxygen atoms in total. The van der Waals surface area contributed by atoms with Gasteiger partial charge >= 0.3 is 0 Å². The lowest BCUT2D eigenvalue weighted by atomic mass is 10.2. The molecule has 1 amide bonds. The quantitative estimate of drug-likeness (QED) is 0.519. The number of ether oxygens (including phenoxy) is 1. The van der Waals surface area contributed by atoms with Crippen LogP contribution < -0.4 is 9.64 Å². The van der Waals surface area contributed by atoms with Crippen LogP contribution in [0.3, 0.4) is 0 Å². The van der Waals surface area contributed by atoms with Crippen molar-refractivity contribution in [3.05, 3.63) is 53.8 Å². The molecule has 8 heteroatoms. The van der Waals surface area contributed by atoms with Gasteiger partial charge in [0.25, 0.3) is 5.91 Å². The molecule has 0 fully saturated rings. The molecule has 0 saturated carbocycles. The highest BCUT2D eigenvalue weighted by molar-refractivity contribution is 7.22. The second kappa shape index (κ2) is 10.5. The molecule has 29 heavy (non-hydrogen) atoms. The third kappa shape index (κ3) is 6.13. The van der Waals surface area contributed by atoms with Crippen molar-refractivity contribution in [1.82, 2.24) is 9.88 Å². The van der Waals surface area contributed by atoms with E-state index in [-0.39, 0.29) is 30.7 Å². The normalized spacial score (nSPS) is 10.8. The van der Waals surface area contributed by atoms with Crippen LogP contribution in [0.1, 0.15) is 12.0 Å². The number of fused-ring (bicyclic) bond motifs is 1. The number of nitrogens with zero attached hydrogens (tertiary/aromatic N) is 3. The van der Waals surface area contributed by atoms with E-state index in [1.54, 1.807) is 11.0 Å². The molecule has 2 aromatic carbocycles. The van der Waals surface area contributed by atoms with E-state index in [9.17, 15) is 9.18 Å². The van der Waals surface area contributed by atoms with E-state index < -0.39 is 0 Å². The molecule has 1 heterocycles. The molecule has 0 saturated heterocycles. The third-order valence-electron chi connectivity index (χ3n) is 4.30. The Hall–Kier alpha value is -2.22. The number of para-hydroxylation sites is 1. The van der Waals surface area contributed by atoms with Gasteiger partial charge < -0.3 is 9.64 Å². The lowest BCUT2D eigenvalue weighted by Gasteiger charge is -2.21. The molecule has 0 atom stereocenters. The number of benzene rings is 2. The number of carbonyl (C=O) groups is 1. The van der Waals surface area contributed by atoms with Gasteiger partial charge in [0.2, 0.25) is 0 Å². The lowest BCUT2D eigenvalue weighted by molar-refractivity contribution is -0.120. The molecular weight excluding hydrogens is 413 g/mol. The van der Waals surface area contributed by atoms with Crippen LogP contribution in [-0.2, 0) is 4.79 Å². The van der Waals surface area contributed by atoms with Crippen molar-refractivity contribution in [2.75, 3.05) is 38.7 Å². The van der Waals surface area contributed by atoms with Crippen molar-refractivity contribution in [3.8, 4) is 5.75 Å². The molecule has 0 aliphatic heterocycles. The number of aromatic nitrogens is 1. The van der Waals surface area contributed by atoms with E-state index in [0.29, 0.717) is 22.9 Å². The second-order valence-electron chi connectivity index (χ2n) is 6.86. The van der Waals surface area contributed by atoms with E-state index in [4.69, 9.17) is 4.74 Å². The summed E-state index contributed by atoms with van der Waals surface area (Å²) in [5, 5.41) is 0.567. The number of halogens is 2. The fourth-order valence-corrected chi connectivity index (χ4v) is 3.84. The smallest absolute Gasteiger partial charge is 0.266 e. The number of amides is 1. The van der Waals surface area contributed by atoms with E-state index >= 15 is 0 Å². The Morgan fingerprint density at radius 1 is 1.17 bits per heavy atom. The summed E-state index contributed by atoms with van der Waals surface area (Å²) < 4.78 is 20.0. The molecule has 0 N–H and O–H groups in total. The largest absolute Gasteiger partial charge is 0.483 e. The van der Waals surface area contributed by atoms with E-state index in [1.807, 2.05) is 45.3 Å². The zero-order valence-electron chi connectivity index (χ0n) is 16.7. The van der Waals surface area contributed by atoms with E-state index in [1.165, 1.54) is 23.5 Å². The number of anilines is 1. The Morgan fingerprint density at radius 3 is 2.66 bits per heavy atom. The predicted molar refractivity (Wildman–Crippen MR) is 119 cm³/mol. The third-order valence-corrected chi connectivity index (χ3v) is 5.34. The van der Waals surface area contributed by atoms with Gasteiger partial charge in [-0.05, 0) is 63.8 Å². The number of hydrogen-bond acceptors (Lipinski definition) is 5. The van der Waals surface area contributed by atoms with Crippen molar-refractivity contribution < 1.29 is 13.9 Å². The molecular formula is C21H25ClFN3O2S. The highest BCUT2D eigenvalue weighted by Crippen LogP contribution is 2.29. The van der Waals surface area contributed by atoms with Crippen molar-refractivity contribution in [2.24, 2.45) is 0 Å². The van der Waals surface area contributed by atoms with Crippen molar-refractivity contribution in [1.29, 1.82) is 0 Å².